The number of carbonyl (C=O) groups is 1. The van der Waals surface area contributed by atoms with Crippen molar-refractivity contribution in [1.29, 1.82) is 0 Å². The highest BCUT2D eigenvalue weighted by atomic mass is 35.5. The Morgan fingerprint density at radius 1 is 1.30 bits per heavy atom. The molecule has 1 saturated heterocycles. The zero-order chi connectivity index (χ0) is 16.2. The number of rotatable bonds is 4. The fourth-order valence-electron chi connectivity index (χ4n) is 2.73. The van der Waals surface area contributed by atoms with Crippen LogP contribution < -0.4 is 0 Å². The third-order valence-corrected chi connectivity index (χ3v) is 5.39. The highest BCUT2D eigenvalue weighted by Crippen LogP contribution is 2.18. The van der Waals surface area contributed by atoms with Crippen molar-refractivity contribution in [1.82, 2.24) is 14.8 Å². The van der Waals surface area contributed by atoms with E-state index in [1.54, 1.807) is 6.20 Å². The third-order valence-electron chi connectivity index (χ3n) is 4.02. The van der Waals surface area contributed by atoms with Gasteiger partial charge in [0.2, 0.25) is 0 Å². The molecule has 6 heteroatoms. The summed E-state index contributed by atoms with van der Waals surface area (Å²) in [4.78, 5) is 21.8. The van der Waals surface area contributed by atoms with Crippen LogP contribution in [0.5, 0.6) is 0 Å². The number of thiazole rings is 1. The predicted molar refractivity (Wildman–Crippen MR) is 94.1 cm³/mol. The molecule has 0 N–H and O–H groups in total. The summed E-state index contributed by atoms with van der Waals surface area (Å²) in [6.07, 6.45) is 2.59. The first kappa shape index (κ1) is 16.4. The number of aromatic nitrogens is 1. The fraction of sp³-hybridized carbons (Fsp3) is 0.412. The monoisotopic (exact) mass is 349 g/mol. The number of nitrogens with zero attached hydrogens (tertiary/aromatic N) is 3. The molecule has 1 aliphatic rings. The molecule has 4 nitrogen and oxygen atoms in total. The molecule has 122 valence electrons. The molecule has 23 heavy (non-hydrogen) atoms. The van der Waals surface area contributed by atoms with Crippen LogP contribution in [0, 0.1) is 0 Å². The average Bonchev–Trinajstić information content (AvgIpc) is 3.04. The molecule has 1 aliphatic heterocycles. The van der Waals surface area contributed by atoms with Gasteiger partial charge >= 0.3 is 0 Å². The number of piperazine rings is 1. The van der Waals surface area contributed by atoms with Crippen molar-refractivity contribution >= 4 is 28.8 Å². The standard InChI is InChI=1S/C17H20ClN3OS/c1-2-16-19-11-15(23-16)17(22)21-8-6-20(7-9-21)12-13-4-3-5-14(18)10-13/h3-5,10-11H,2,6-9,12H2,1H3. The van der Waals surface area contributed by atoms with Gasteiger partial charge in [0.1, 0.15) is 4.88 Å². The number of aryl methyl sites for hydroxylation is 1. The largest absolute Gasteiger partial charge is 0.335 e. The van der Waals surface area contributed by atoms with Crippen molar-refractivity contribution in [3.63, 3.8) is 0 Å². The topological polar surface area (TPSA) is 36.4 Å². The molecule has 3 rings (SSSR count). The molecule has 1 fully saturated rings. The Morgan fingerprint density at radius 2 is 2.09 bits per heavy atom. The zero-order valence-corrected chi connectivity index (χ0v) is 14.7. The second-order valence-corrected chi connectivity index (χ2v) is 7.22. The predicted octanol–water partition coefficient (Wildman–Crippen LogP) is 3.32. The smallest absolute Gasteiger partial charge is 0.265 e. The molecule has 1 amide bonds. The normalized spacial score (nSPS) is 15.8. The van der Waals surface area contributed by atoms with Crippen LogP contribution in [0.15, 0.2) is 30.5 Å². The van der Waals surface area contributed by atoms with E-state index in [9.17, 15) is 4.79 Å². The van der Waals surface area contributed by atoms with Gasteiger partial charge in [-0.3, -0.25) is 9.69 Å². The molecule has 0 atom stereocenters. The van der Waals surface area contributed by atoms with E-state index in [2.05, 4.69) is 22.9 Å². The second-order valence-electron chi connectivity index (χ2n) is 5.67. The van der Waals surface area contributed by atoms with Gasteiger partial charge in [0.25, 0.3) is 5.91 Å². The Hall–Kier alpha value is -1.43. The first-order valence-electron chi connectivity index (χ1n) is 7.86. The Morgan fingerprint density at radius 3 is 2.74 bits per heavy atom. The molecule has 1 aromatic carbocycles. The molecule has 0 radical (unpaired) electrons. The fourth-order valence-corrected chi connectivity index (χ4v) is 3.77. The Balaban J connectivity index is 1.54. The lowest BCUT2D eigenvalue weighted by Crippen LogP contribution is -2.48. The second kappa shape index (κ2) is 7.43. The van der Waals surface area contributed by atoms with E-state index in [1.165, 1.54) is 16.9 Å². The average molecular weight is 350 g/mol. The van der Waals surface area contributed by atoms with Gasteiger partial charge < -0.3 is 4.90 Å². The van der Waals surface area contributed by atoms with Gasteiger partial charge in [0.05, 0.1) is 11.2 Å². The first-order valence-corrected chi connectivity index (χ1v) is 9.06. The SMILES string of the molecule is CCc1ncc(C(=O)N2CCN(Cc3cccc(Cl)c3)CC2)s1. The molecule has 2 heterocycles. The van der Waals surface area contributed by atoms with Crippen LogP contribution in [0.2, 0.25) is 5.02 Å². The lowest BCUT2D eigenvalue weighted by atomic mass is 10.2. The van der Waals surface area contributed by atoms with Crippen LogP contribution in [-0.4, -0.2) is 46.9 Å². The zero-order valence-electron chi connectivity index (χ0n) is 13.2. The number of hydrogen-bond acceptors (Lipinski definition) is 4. The summed E-state index contributed by atoms with van der Waals surface area (Å²) in [5.74, 6) is 0.115. The maximum Gasteiger partial charge on any atom is 0.265 e. The highest BCUT2D eigenvalue weighted by Gasteiger charge is 2.23. The lowest BCUT2D eigenvalue weighted by molar-refractivity contribution is 0.0633. The van der Waals surface area contributed by atoms with Gasteiger partial charge in [-0.15, -0.1) is 11.3 Å². The van der Waals surface area contributed by atoms with E-state index in [-0.39, 0.29) is 5.91 Å². The third kappa shape index (κ3) is 4.10. The van der Waals surface area contributed by atoms with Crippen LogP contribution in [0.4, 0.5) is 0 Å². The van der Waals surface area contributed by atoms with Crippen molar-refractivity contribution < 1.29 is 4.79 Å². The Kier molecular flexibility index (Phi) is 5.30. The minimum atomic E-state index is 0.115. The molecule has 0 bridgehead atoms. The number of benzene rings is 1. The van der Waals surface area contributed by atoms with Gasteiger partial charge in [-0.2, -0.15) is 0 Å². The van der Waals surface area contributed by atoms with Crippen LogP contribution in [-0.2, 0) is 13.0 Å². The number of halogens is 1. The van der Waals surface area contributed by atoms with Crippen molar-refractivity contribution in [2.45, 2.75) is 19.9 Å². The van der Waals surface area contributed by atoms with Gasteiger partial charge in [-0.05, 0) is 24.1 Å². The van der Waals surface area contributed by atoms with E-state index < -0.39 is 0 Å². The van der Waals surface area contributed by atoms with E-state index in [0.717, 1.165) is 54.1 Å². The molecule has 0 spiro atoms. The van der Waals surface area contributed by atoms with E-state index in [1.807, 2.05) is 23.1 Å². The van der Waals surface area contributed by atoms with Gasteiger partial charge in [-0.25, -0.2) is 4.98 Å². The first-order chi connectivity index (χ1) is 11.2. The van der Waals surface area contributed by atoms with Crippen LogP contribution >= 0.6 is 22.9 Å². The van der Waals surface area contributed by atoms with Crippen LogP contribution in [0.25, 0.3) is 0 Å². The number of hydrogen-bond donors (Lipinski definition) is 0. The van der Waals surface area contributed by atoms with Crippen LogP contribution in [0.1, 0.15) is 27.2 Å². The Labute approximate surface area is 145 Å². The van der Waals surface area contributed by atoms with Gasteiger partial charge in [0, 0.05) is 37.7 Å². The van der Waals surface area contributed by atoms with Gasteiger partial charge in [0.15, 0.2) is 0 Å². The molecule has 1 aromatic heterocycles. The van der Waals surface area contributed by atoms with Crippen molar-refractivity contribution in [2.24, 2.45) is 0 Å². The summed E-state index contributed by atoms with van der Waals surface area (Å²) in [6, 6.07) is 7.96. The van der Waals surface area contributed by atoms with Crippen LogP contribution in [0.3, 0.4) is 0 Å². The Bertz CT molecular complexity index is 680. The summed E-state index contributed by atoms with van der Waals surface area (Å²) in [5.41, 5.74) is 1.22. The summed E-state index contributed by atoms with van der Waals surface area (Å²) in [6.45, 7) is 6.23. The summed E-state index contributed by atoms with van der Waals surface area (Å²) in [5, 5.41) is 1.79. The van der Waals surface area contributed by atoms with Gasteiger partial charge in [-0.1, -0.05) is 30.7 Å². The molecule has 0 unspecified atom stereocenters. The maximum atomic E-state index is 12.5. The molecular weight excluding hydrogens is 330 g/mol. The number of carbonyl (C=O) groups excluding carboxylic acids is 1. The van der Waals surface area contributed by atoms with Crippen molar-refractivity contribution in [2.75, 3.05) is 26.2 Å². The molecular formula is C17H20ClN3OS. The molecule has 0 saturated carbocycles. The van der Waals surface area contributed by atoms with Crippen molar-refractivity contribution in [3.05, 3.63) is 50.9 Å². The summed E-state index contributed by atoms with van der Waals surface area (Å²) < 4.78 is 0. The summed E-state index contributed by atoms with van der Waals surface area (Å²) >= 11 is 7.54. The molecule has 2 aromatic rings. The summed E-state index contributed by atoms with van der Waals surface area (Å²) in [7, 11) is 0. The quantitative estimate of drug-likeness (QED) is 0.849. The molecule has 0 aliphatic carbocycles. The number of amides is 1. The van der Waals surface area contributed by atoms with Crippen molar-refractivity contribution in [3.8, 4) is 0 Å². The minimum Gasteiger partial charge on any atom is -0.335 e. The van der Waals surface area contributed by atoms with E-state index in [4.69, 9.17) is 11.6 Å². The highest BCUT2D eigenvalue weighted by molar-refractivity contribution is 7.13. The lowest BCUT2D eigenvalue weighted by Gasteiger charge is -2.34. The maximum absolute atomic E-state index is 12.5. The van der Waals surface area contributed by atoms with E-state index >= 15 is 0 Å². The minimum absolute atomic E-state index is 0.115. The van der Waals surface area contributed by atoms with E-state index in [0.29, 0.717) is 0 Å².